The van der Waals surface area contributed by atoms with Gasteiger partial charge < -0.3 is 13.9 Å². The third-order valence-electron chi connectivity index (χ3n) is 12.2. The molecular weight excluding hydrogens is 741 g/mol. The molecule has 0 unspecified atom stereocenters. The van der Waals surface area contributed by atoms with E-state index >= 15 is 0 Å². The minimum Gasteiger partial charge on any atom is -0.456 e. The summed E-state index contributed by atoms with van der Waals surface area (Å²) in [7, 11) is 0. The lowest BCUT2D eigenvalue weighted by atomic mass is 9.98. The molecule has 3 nitrogen and oxygen atoms in total. The number of aromatic nitrogens is 1. The van der Waals surface area contributed by atoms with E-state index in [1.165, 1.54) is 54.8 Å². The molecule has 0 spiro atoms. The van der Waals surface area contributed by atoms with Gasteiger partial charge in [-0.25, -0.2) is 0 Å². The van der Waals surface area contributed by atoms with E-state index in [2.05, 4.69) is 228 Å². The minimum absolute atomic E-state index is 0.902. The van der Waals surface area contributed by atoms with Gasteiger partial charge in [0, 0.05) is 44.0 Å². The molecule has 0 atom stereocenters. The maximum atomic E-state index is 6.23. The van der Waals surface area contributed by atoms with Crippen LogP contribution in [0.5, 0.6) is 0 Å². The fourth-order valence-corrected chi connectivity index (χ4v) is 9.32. The molecule has 61 heavy (non-hydrogen) atoms. The van der Waals surface area contributed by atoms with E-state index in [1.54, 1.807) is 0 Å². The Morgan fingerprint density at radius 3 is 1.56 bits per heavy atom. The molecule has 286 valence electrons. The van der Waals surface area contributed by atoms with E-state index in [4.69, 9.17) is 4.42 Å². The highest BCUT2D eigenvalue weighted by molar-refractivity contribution is 6.12. The first-order chi connectivity index (χ1) is 30.2. The molecule has 0 aliphatic rings. The fourth-order valence-electron chi connectivity index (χ4n) is 9.32. The van der Waals surface area contributed by atoms with Crippen LogP contribution in [0.4, 0.5) is 17.1 Å². The highest BCUT2D eigenvalue weighted by atomic mass is 16.3. The average molecular weight is 779 g/mol. The summed E-state index contributed by atoms with van der Waals surface area (Å²) in [6.07, 6.45) is 0. The fraction of sp³-hybridized carbons (Fsp3) is 0. The molecule has 0 aliphatic carbocycles. The molecule has 0 radical (unpaired) electrons. The molecule has 12 rings (SSSR count). The van der Waals surface area contributed by atoms with Gasteiger partial charge in [-0.05, 0) is 105 Å². The molecule has 0 amide bonds. The molecule has 0 fully saturated rings. The summed E-state index contributed by atoms with van der Waals surface area (Å²) in [6.45, 7) is 0. The lowest BCUT2D eigenvalue weighted by Gasteiger charge is -2.27. The van der Waals surface area contributed by atoms with E-state index in [1.807, 2.05) is 12.1 Å². The number of rotatable bonds is 7. The number of anilines is 3. The van der Waals surface area contributed by atoms with Crippen LogP contribution in [0.25, 0.3) is 93.6 Å². The van der Waals surface area contributed by atoms with Crippen molar-refractivity contribution in [2.75, 3.05) is 4.90 Å². The standard InChI is InChI=1S/C58H38N2O/c1-2-16-48-42(12-1)13-10-23-53(48)59(46-36-32-43(33-37-46)49-20-11-25-57-58(49)52-19-5-8-24-56(52)61-57)45-34-30-40(31-35-45)39-26-28-41(29-27-39)44-14-9-15-47(38-44)60-54-21-6-3-17-50(54)51-18-4-7-22-55(51)60/h1-38H. The van der Waals surface area contributed by atoms with Crippen molar-refractivity contribution in [1.82, 2.24) is 4.57 Å². The zero-order valence-electron chi connectivity index (χ0n) is 33.2. The van der Waals surface area contributed by atoms with Crippen molar-refractivity contribution >= 4 is 71.6 Å². The van der Waals surface area contributed by atoms with Gasteiger partial charge in [-0.1, -0.05) is 164 Å². The Kier molecular flexibility index (Phi) is 8.17. The molecule has 2 heterocycles. The Morgan fingerprint density at radius 1 is 0.344 bits per heavy atom. The normalized spacial score (nSPS) is 11.6. The Balaban J connectivity index is 0.882. The number of hydrogen-bond acceptors (Lipinski definition) is 2. The first kappa shape index (κ1) is 34.9. The van der Waals surface area contributed by atoms with Gasteiger partial charge in [0.15, 0.2) is 0 Å². The maximum absolute atomic E-state index is 6.23. The van der Waals surface area contributed by atoms with Crippen molar-refractivity contribution in [2.45, 2.75) is 0 Å². The van der Waals surface area contributed by atoms with Crippen LogP contribution >= 0.6 is 0 Å². The topological polar surface area (TPSA) is 21.3 Å². The van der Waals surface area contributed by atoms with E-state index in [9.17, 15) is 0 Å². The number of nitrogens with zero attached hydrogens (tertiary/aromatic N) is 2. The number of hydrogen-bond donors (Lipinski definition) is 0. The van der Waals surface area contributed by atoms with E-state index in [-0.39, 0.29) is 0 Å². The van der Waals surface area contributed by atoms with Crippen molar-refractivity contribution in [3.8, 4) is 39.1 Å². The highest BCUT2D eigenvalue weighted by Gasteiger charge is 2.18. The van der Waals surface area contributed by atoms with Crippen LogP contribution in [0.1, 0.15) is 0 Å². The molecular formula is C58H38N2O. The Labute approximate surface area is 353 Å². The van der Waals surface area contributed by atoms with Crippen LogP contribution in [-0.4, -0.2) is 4.57 Å². The van der Waals surface area contributed by atoms with Crippen molar-refractivity contribution in [2.24, 2.45) is 0 Å². The van der Waals surface area contributed by atoms with E-state index in [0.717, 1.165) is 55.8 Å². The Bertz CT molecular complexity index is 3520. The summed E-state index contributed by atoms with van der Waals surface area (Å²) in [4.78, 5) is 2.37. The van der Waals surface area contributed by atoms with E-state index in [0.29, 0.717) is 0 Å². The summed E-state index contributed by atoms with van der Waals surface area (Å²) < 4.78 is 8.61. The Hall–Kier alpha value is -8.14. The van der Waals surface area contributed by atoms with Gasteiger partial charge in [-0.3, -0.25) is 0 Å². The molecule has 12 aromatic rings. The van der Waals surface area contributed by atoms with Gasteiger partial charge in [-0.15, -0.1) is 0 Å². The van der Waals surface area contributed by atoms with Gasteiger partial charge in [-0.2, -0.15) is 0 Å². The SMILES string of the molecule is c1cc(-c2ccc(-c3ccc(N(c4ccc(-c5cccc6oc7ccccc7c56)cc4)c4cccc5ccccc45)cc3)cc2)cc(-n2c3ccccc3c3ccccc32)c1. The number of para-hydroxylation sites is 3. The second-order valence-electron chi connectivity index (χ2n) is 15.7. The van der Waals surface area contributed by atoms with E-state index < -0.39 is 0 Å². The molecule has 0 bridgehead atoms. The van der Waals surface area contributed by atoms with Crippen molar-refractivity contribution in [1.29, 1.82) is 0 Å². The molecule has 0 saturated carbocycles. The average Bonchev–Trinajstić information content (AvgIpc) is 3.89. The first-order valence-electron chi connectivity index (χ1n) is 20.8. The molecule has 10 aromatic carbocycles. The summed E-state index contributed by atoms with van der Waals surface area (Å²) >= 11 is 0. The van der Waals surface area contributed by atoms with Gasteiger partial charge in [0.1, 0.15) is 11.2 Å². The number of benzene rings is 10. The summed E-state index contributed by atoms with van der Waals surface area (Å²) in [6, 6.07) is 82.9. The summed E-state index contributed by atoms with van der Waals surface area (Å²) in [5, 5.41) is 7.22. The molecule has 3 heteroatoms. The van der Waals surface area contributed by atoms with Crippen LogP contribution in [0.15, 0.2) is 235 Å². The highest BCUT2D eigenvalue weighted by Crippen LogP contribution is 2.42. The lowest BCUT2D eigenvalue weighted by molar-refractivity contribution is 0.669. The van der Waals surface area contributed by atoms with Gasteiger partial charge >= 0.3 is 0 Å². The first-order valence-corrected chi connectivity index (χ1v) is 20.8. The second kappa shape index (κ2) is 14.3. The Morgan fingerprint density at radius 2 is 0.852 bits per heavy atom. The van der Waals surface area contributed by atoms with Crippen molar-refractivity contribution in [3.05, 3.63) is 231 Å². The third-order valence-corrected chi connectivity index (χ3v) is 12.2. The zero-order chi connectivity index (χ0) is 40.3. The quantitative estimate of drug-likeness (QED) is 0.161. The number of fused-ring (bicyclic) bond motifs is 7. The molecule has 2 aromatic heterocycles. The third kappa shape index (κ3) is 5.90. The van der Waals surface area contributed by atoms with Gasteiger partial charge in [0.05, 0.1) is 16.7 Å². The molecule has 0 saturated heterocycles. The van der Waals surface area contributed by atoms with Crippen LogP contribution in [0.2, 0.25) is 0 Å². The van der Waals surface area contributed by atoms with Gasteiger partial charge in [0.25, 0.3) is 0 Å². The molecule has 0 aliphatic heterocycles. The number of furan rings is 1. The van der Waals surface area contributed by atoms with Gasteiger partial charge in [0.2, 0.25) is 0 Å². The van der Waals surface area contributed by atoms with Crippen LogP contribution in [0, 0.1) is 0 Å². The second-order valence-corrected chi connectivity index (χ2v) is 15.7. The van der Waals surface area contributed by atoms with Crippen LogP contribution < -0.4 is 4.90 Å². The minimum atomic E-state index is 0.902. The summed E-state index contributed by atoms with van der Waals surface area (Å²) in [5.41, 5.74) is 15.7. The summed E-state index contributed by atoms with van der Waals surface area (Å²) in [5.74, 6) is 0. The van der Waals surface area contributed by atoms with Crippen LogP contribution in [0.3, 0.4) is 0 Å². The maximum Gasteiger partial charge on any atom is 0.136 e. The monoisotopic (exact) mass is 778 g/mol. The van der Waals surface area contributed by atoms with Crippen LogP contribution in [-0.2, 0) is 0 Å². The smallest absolute Gasteiger partial charge is 0.136 e. The predicted octanol–water partition coefficient (Wildman–Crippen LogP) is 16.3. The largest absolute Gasteiger partial charge is 0.456 e. The van der Waals surface area contributed by atoms with Crippen molar-refractivity contribution in [3.63, 3.8) is 0 Å². The lowest BCUT2D eigenvalue weighted by Crippen LogP contribution is -2.10. The molecule has 0 N–H and O–H groups in total. The predicted molar refractivity (Wildman–Crippen MR) is 257 cm³/mol. The van der Waals surface area contributed by atoms with Crippen molar-refractivity contribution < 1.29 is 4.42 Å². The zero-order valence-corrected chi connectivity index (χ0v) is 33.2.